The number of primary amides is 1. The lowest BCUT2D eigenvalue weighted by Crippen LogP contribution is -2.23. The van der Waals surface area contributed by atoms with Gasteiger partial charge in [0.25, 0.3) is 0 Å². The predicted octanol–water partition coefficient (Wildman–Crippen LogP) is 2.82. The summed E-state index contributed by atoms with van der Waals surface area (Å²) in [6.45, 7) is 3.79. The summed E-state index contributed by atoms with van der Waals surface area (Å²) in [5.74, 6) is -0.393. The smallest absolute Gasteiger partial charge is 0.248 e. The second-order valence-electron chi connectivity index (χ2n) is 6.11. The van der Waals surface area contributed by atoms with E-state index in [0.717, 1.165) is 42.8 Å². The van der Waals surface area contributed by atoms with Crippen molar-refractivity contribution in [3.8, 4) is 0 Å². The van der Waals surface area contributed by atoms with Crippen LogP contribution in [0.4, 0.5) is 0 Å². The van der Waals surface area contributed by atoms with E-state index in [4.69, 9.17) is 17.3 Å². The van der Waals surface area contributed by atoms with E-state index in [1.54, 1.807) is 10.7 Å². The summed E-state index contributed by atoms with van der Waals surface area (Å²) in [5, 5.41) is 5.14. The van der Waals surface area contributed by atoms with Crippen LogP contribution in [0, 0.1) is 6.92 Å². The van der Waals surface area contributed by atoms with Crippen LogP contribution in [0.3, 0.4) is 0 Å². The Morgan fingerprint density at radius 3 is 2.91 bits per heavy atom. The highest BCUT2D eigenvalue weighted by molar-refractivity contribution is 6.30. The number of carbonyl (C=O) groups excluding carboxylic acids is 1. The minimum atomic E-state index is -0.393. The fourth-order valence-electron chi connectivity index (χ4n) is 3.42. The zero-order chi connectivity index (χ0) is 16.6. The maximum atomic E-state index is 11.3. The molecule has 1 saturated heterocycles. The van der Waals surface area contributed by atoms with Gasteiger partial charge in [-0.2, -0.15) is 5.10 Å². The average molecular weight is 333 g/mol. The number of hydrogen-bond donors (Lipinski definition) is 1. The molecule has 2 heterocycles. The lowest BCUT2D eigenvalue weighted by molar-refractivity contribution is 0.1000. The largest absolute Gasteiger partial charge is 0.366 e. The number of carbonyl (C=O) groups is 1. The number of benzene rings is 1. The van der Waals surface area contributed by atoms with Crippen LogP contribution in [0.5, 0.6) is 0 Å². The Morgan fingerprint density at radius 2 is 2.26 bits per heavy atom. The zero-order valence-corrected chi connectivity index (χ0v) is 14.2. The molecule has 6 heteroatoms. The molecular formula is C17H21ClN4O. The number of amides is 1. The Hall–Kier alpha value is -1.85. The Labute approximate surface area is 141 Å². The van der Waals surface area contributed by atoms with Gasteiger partial charge in [0.1, 0.15) is 5.15 Å². The molecule has 3 rings (SSSR count). The molecule has 1 aliphatic heterocycles. The SMILES string of the molecule is Cc1nn(C)c(Cl)c1C1CCCN1Cc1cccc(C(N)=O)c1. The van der Waals surface area contributed by atoms with Crippen LogP contribution in [-0.4, -0.2) is 27.1 Å². The molecule has 1 fully saturated rings. The third-order valence-corrected chi connectivity index (χ3v) is 4.94. The maximum absolute atomic E-state index is 11.3. The monoisotopic (exact) mass is 332 g/mol. The number of rotatable bonds is 4. The van der Waals surface area contributed by atoms with Crippen LogP contribution >= 0.6 is 11.6 Å². The van der Waals surface area contributed by atoms with Crippen molar-refractivity contribution in [2.75, 3.05) is 6.54 Å². The second-order valence-corrected chi connectivity index (χ2v) is 6.46. The Kier molecular flexibility index (Phi) is 4.41. The molecule has 1 unspecified atom stereocenters. The van der Waals surface area contributed by atoms with Crippen molar-refractivity contribution < 1.29 is 4.79 Å². The van der Waals surface area contributed by atoms with Gasteiger partial charge in [-0.05, 0) is 44.0 Å². The second kappa shape index (κ2) is 6.34. The Balaban J connectivity index is 1.85. The van der Waals surface area contributed by atoms with Crippen LogP contribution in [0.15, 0.2) is 24.3 Å². The van der Waals surface area contributed by atoms with Gasteiger partial charge < -0.3 is 5.73 Å². The first kappa shape index (κ1) is 16.0. The van der Waals surface area contributed by atoms with Crippen molar-refractivity contribution in [1.29, 1.82) is 0 Å². The van der Waals surface area contributed by atoms with Gasteiger partial charge >= 0.3 is 0 Å². The fourth-order valence-corrected chi connectivity index (χ4v) is 3.73. The normalized spacial score (nSPS) is 18.5. The van der Waals surface area contributed by atoms with Crippen molar-refractivity contribution in [2.45, 2.75) is 32.4 Å². The van der Waals surface area contributed by atoms with E-state index < -0.39 is 5.91 Å². The van der Waals surface area contributed by atoms with E-state index >= 15 is 0 Å². The number of nitrogens with zero attached hydrogens (tertiary/aromatic N) is 3. The molecule has 0 aliphatic carbocycles. The van der Waals surface area contributed by atoms with Crippen LogP contribution in [0.25, 0.3) is 0 Å². The molecule has 1 aromatic carbocycles. The predicted molar refractivity (Wildman–Crippen MR) is 90.3 cm³/mol. The Bertz CT molecular complexity index is 740. The molecule has 23 heavy (non-hydrogen) atoms. The lowest BCUT2D eigenvalue weighted by Gasteiger charge is -2.25. The fraction of sp³-hybridized carbons (Fsp3) is 0.412. The van der Waals surface area contributed by atoms with Gasteiger partial charge in [0.2, 0.25) is 5.91 Å². The van der Waals surface area contributed by atoms with Crippen LogP contribution in [-0.2, 0) is 13.6 Å². The molecule has 1 aromatic heterocycles. The standard InChI is InChI=1S/C17H21ClN4O/c1-11-15(16(18)21(2)20-11)14-7-4-8-22(14)10-12-5-3-6-13(9-12)17(19)23/h3,5-6,9,14H,4,7-8,10H2,1-2H3,(H2,19,23). The molecule has 2 N–H and O–H groups in total. The molecule has 0 spiro atoms. The summed E-state index contributed by atoms with van der Waals surface area (Å²) in [6, 6.07) is 7.79. The first-order valence-corrected chi connectivity index (χ1v) is 8.17. The number of aromatic nitrogens is 2. The molecule has 2 aromatic rings. The molecule has 1 aliphatic rings. The van der Waals surface area contributed by atoms with Gasteiger partial charge in [0, 0.05) is 30.8 Å². The summed E-state index contributed by atoms with van der Waals surface area (Å²) in [6.07, 6.45) is 2.20. The Morgan fingerprint density at radius 1 is 1.48 bits per heavy atom. The first-order chi connectivity index (χ1) is 11.0. The minimum Gasteiger partial charge on any atom is -0.366 e. The highest BCUT2D eigenvalue weighted by Crippen LogP contribution is 2.38. The highest BCUT2D eigenvalue weighted by atomic mass is 35.5. The van der Waals surface area contributed by atoms with E-state index in [-0.39, 0.29) is 6.04 Å². The van der Waals surface area contributed by atoms with Gasteiger partial charge in [-0.1, -0.05) is 23.7 Å². The summed E-state index contributed by atoms with van der Waals surface area (Å²) >= 11 is 6.44. The molecule has 122 valence electrons. The van der Waals surface area contributed by atoms with Gasteiger partial charge in [-0.3, -0.25) is 14.4 Å². The summed E-state index contributed by atoms with van der Waals surface area (Å²) in [5.41, 5.74) is 9.12. The number of hydrogen-bond acceptors (Lipinski definition) is 3. The molecule has 0 radical (unpaired) electrons. The van der Waals surface area contributed by atoms with Crippen molar-refractivity contribution >= 4 is 17.5 Å². The van der Waals surface area contributed by atoms with Crippen LogP contribution in [0.1, 0.15) is 46.1 Å². The number of halogens is 1. The van der Waals surface area contributed by atoms with Crippen molar-refractivity contribution in [2.24, 2.45) is 12.8 Å². The molecular weight excluding hydrogens is 312 g/mol. The van der Waals surface area contributed by atoms with Crippen LogP contribution < -0.4 is 5.73 Å². The van der Waals surface area contributed by atoms with E-state index in [1.807, 2.05) is 32.2 Å². The minimum absolute atomic E-state index is 0.272. The van der Waals surface area contributed by atoms with Gasteiger partial charge in [-0.25, -0.2) is 0 Å². The zero-order valence-electron chi connectivity index (χ0n) is 13.4. The molecule has 0 bridgehead atoms. The van der Waals surface area contributed by atoms with Crippen molar-refractivity contribution in [1.82, 2.24) is 14.7 Å². The average Bonchev–Trinajstić information content (AvgIpc) is 3.04. The molecule has 5 nitrogen and oxygen atoms in total. The molecule has 1 amide bonds. The van der Waals surface area contributed by atoms with Gasteiger partial charge in [0.05, 0.1) is 5.69 Å². The maximum Gasteiger partial charge on any atom is 0.248 e. The van der Waals surface area contributed by atoms with E-state index in [2.05, 4.69) is 10.00 Å². The number of aryl methyl sites for hydroxylation is 2. The van der Waals surface area contributed by atoms with Crippen molar-refractivity contribution in [3.63, 3.8) is 0 Å². The van der Waals surface area contributed by atoms with Crippen molar-refractivity contribution in [3.05, 3.63) is 51.8 Å². The third kappa shape index (κ3) is 3.12. The quantitative estimate of drug-likeness (QED) is 0.936. The lowest BCUT2D eigenvalue weighted by atomic mass is 10.0. The first-order valence-electron chi connectivity index (χ1n) is 7.79. The topological polar surface area (TPSA) is 64.2 Å². The van der Waals surface area contributed by atoms with E-state index in [9.17, 15) is 4.79 Å². The van der Waals surface area contributed by atoms with Gasteiger partial charge in [-0.15, -0.1) is 0 Å². The molecule has 1 atom stereocenters. The summed E-state index contributed by atoms with van der Waals surface area (Å²) in [4.78, 5) is 13.7. The van der Waals surface area contributed by atoms with Crippen LogP contribution in [0.2, 0.25) is 5.15 Å². The number of nitrogens with two attached hydrogens (primary N) is 1. The molecule has 0 saturated carbocycles. The summed E-state index contributed by atoms with van der Waals surface area (Å²) < 4.78 is 1.73. The van der Waals surface area contributed by atoms with E-state index in [0.29, 0.717) is 10.7 Å². The van der Waals surface area contributed by atoms with Gasteiger partial charge in [0.15, 0.2) is 0 Å². The number of likely N-dealkylation sites (tertiary alicyclic amines) is 1. The van der Waals surface area contributed by atoms with E-state index in [1.165, 1.54) is 0 Å². The highest BCUT2D eigenvalue weighted by Gasteiger charge is 2.31. The summed E-state index contributed by atoms with van der Waals surface area (Å²) in [7, 11) is 1.87. The third-order valence-electron chi connectivity index (χ3n) is 4.49.